The summed E-state index contributed by atoms with van der Waals surface area (Å²) in [5.41, 5.74) is 8.47. The van der Waals surface area contributed by atoms with E-state index in [4.69, 9.17) is 10.5 Å². The van der Waals surface area contributed by atoms with Crippen LogP contribution in [0.1, 0.15) is 75.9 Å². The Bertz CT molecular complexity index is 1980. The van der Waals surface area contributed by atoms with E-state index >= 15 is 0 Å². The van der Waals surface area contributed by atoms with Crippen LogP contribution in [0.2, 0.25) is 0 Å². The maximum Gasteiger partial charge on any atom is 0.330 e. The van der Waals surface area contributed by atoms with E-state index in [1.807, 2.05) is 39.0 Å². The first-order valence-corrected chi connectivity index (χ1v) is 17.7. The van der Waals surface area contributed by atoms with Crippen molar-refractivity contribution < 1.29 is 23.9 Å². The minimum Gasteiger partial charge on any atom is -0.390 e. The number of rotatable bonds is 12. The predicted molar refractivity (Wildman–Crippen MR) is 190 cm³/mol. The second-order valence-corrected chi connectivity index (χ2v) is 14.5. The number of nitrogens with two attached hydrogens (primary N) is 1. The molecule has 4 heterocycles. The third kappa shape index (κ3) is 6.78. The molecule has 2 amide bonds. The first-order chi connectivity index (χ1) is 23.8. The lowest BCUT2D eigenvalue weighted by molar-refractivity contribution is -0.141. The number of nitrogens with zero attached hydrogens (tertiary/aromatic N) is 6. The second kappa shape index (κ2) is 14.0. The van der Waals surface area contributed by atoms with Gasteiger partial charge in [-0.1, -0.05) is 45.7 Å². The zero-order chi connectivity index (χ0) is 35.9. The highest BCUT2D eigenvalue weighted by Gasteiger charge is 2.67. The molecule has 0 radical (unpaired) electrons. The number of amides is 2. The van der Waals surface area contributed by atoms with Crippen LogP contribution in [0.5, 0.6) is 6.01 Å². The van der Waals surface area contributed by atoms with E-state index in [1.165, 1.54) is 19.3 Å². The molecule has 2 fully saturated rings. The average Bonchev–Trinajstić information content (AvgIpc) is 3.50. The molecule has 1 saturated heterocycles. The van der Waals surface area contributed by atoms with E-state index in [0.29, 0.717) is 38.9 Å². The van der Waals surface area contributed by atoms with Crippen molar-refractivity contribution in [1.29, 1.82) is 0 Å². The Labute approximate surface area is 298 Å². The van der Waals surface area contributed by atoms with Gasteiger partial charge in [0.1, 0.15) is 34.7 Å². The molecule has 2 aliphatic rings. The SMILES string of the molecule is CCCC[C@@]12C[C@@H]1C[C@@H](C(=O)Nc1nc(Br)ccc1C)N2C(=O)Cn1nc(C(C)=O)c2cc(-c3cnc(OC(=O)[C@@H](N)C(C)C)nc3)ccc21. The number of aromatic nitrogens is 5. The molecule has 3 N–H and O–H groups in total. The molecular formula is C36H41BrN8O5. The number of hydrogen-bond donors (Lipinski definition) is 2. The zero-order valence-electron chi connectivity index (χ0n) is 28.8. The van der Waals surface area contributed by atoms with Gasteiger partial charge in [-0.05, 0) is 83.3 Å². The molecule has 0 bridgehead atoms. The van der Waals surface area contributed by atoms with Crippen LogP contribution in [0.25, 0.3) is 22.0 Å². The normalized spacial score (nSPS) is 20.1. The van der Waals surface area contributed by atoms with E-state index in [0.717, 1.165) is 31.2 Å². The third-order valence-electron chi connectivity index (χ3n) is 9.85. The van der Waals surface area contributed by atoms with Crippen molar-refractivity contribution in [2.75, 3.05) is 5.32 Å². The third-order valence-corrected chi connectivity index (χ3v) is 10.3. The number of ketones is 1. The van der Waals surface area contributed by atoms with Gasteiger partial charge in [-0.15, -0.1) is 0 Å². The fourth-order valence-electron chi connectivity index (χ4n) is 6.93. The number of pyridine rings is 1. The summed E-state index contributed by atoms with van der Waals surface area (Å²) in [5.74, 6) is -0.757. The van der Waals surface area contributed by atoms with Gasteiger partial charge < -0.3 is 20.7 Å². The van der Waals surface area contributed by atoms with Crippen molar-refractivity contribution in [3.63, 3.8) is 0 Å². The smallest absolute Gasteiger partial charge is 0.330 e. The largest absolute Gasteiger partial charge is 0.390 e. The van der Waals surface area contributed by atoms with Crippen LogP contribution in [0, 0.1) is 18.8 Å². The molecular weight excluding hydrogens is 704 g/mol. The number of Topliss-reactive ketones (excluding diaryl/α,β-unsaturated/α-hetero) is 1. The Morgan fingerprint density at radius 2 is 1.86 bits per heavy atom. The number of carbonyl (C=O) groups is 4. The Hall–Kier alpha value is -4.56. The molecule has 50 heavy (non-hydrogen) atoms. The summed E-state index contributed by atoms with van der Waals surface area (Å²) in [6, 6.07) is 7.55. The fourth-order valence-corrected chi connectivity index (χ4v) is 7.24. The summed E-state index contributed by atoms with van der Waals surface area (Å²) in [6.07, 6.45) is 7.23. The number of carbonyl (C=O) groups excluding carboxylic acids is 4. The van der Waals surface area contributed by atoms with Gasteiger partial charge in [-0.25, -0.2) is 19.7 Å². The standard InChI is InChI=1S/C36H41BrN8O5/c1-6-7-12-36-15-24(36)14-27(33(48)42-32-20(4)8-11-28(37)41-32)45(36)29(47)18-44-26-10-9-22(13-25(26)31(43-44)21(5)46)23-16-39-35(40-17-23)50-34(49)30(38)19(2)3/h8-11,13,16-17,19,24,27,30H,6-7,12,14-15,18,38H2,1-5H3,(H,41,42,48)/t24-,27-,30-,36+/m0/s1. The molecule has 262 valence electrons. The number of ether oxygens (including phenoxy) is 1. The maximum absolute atomic E-state index is 14.3. The molecule has 1 aliphatic heterocycles. The number of anilines is 1. The maximum atomic E-state index is 14.3. The number of benzene rings is 1. The van der Waals surface area contributed by atoms with E-state index in [-0.39, 0.29) is 53.2 Å². The Morgan fingerprint density at radius 3 is 2.54 bits per heavy atom. The van der Waals surface area contributed by atoms with Crippen LogP contribution < -0.4 is 15.8 Å². The number of unbranched alkanes of at least 4 members (excludes halogenated alkanes) is 1. The lowest BCUT2D eigenvalue weighted by atomic mass is 10.0. The predicted octanol–water partition coefficient (Wildman–Crippen LogP) is 5.24. The van der Waals surface area contributed by atoms with Crippen molar-refractivity contribution in [1.82, 2.24) is 29.6 Å². The molecule has 0 unspecified atom stereocenters. The Balaban J connectivity index is 1.26. The second-order valence-electron chi connectivity index (χ2n) is 13.7. The van der Waals surface area contributed by atoms with Gasteiger partial charge in [-0.3, -0.25) is 19.1 Å². The summed E-state index contributed by atoms with van der Waals surface area (Å²) in [5, 5.41) is 8.13. The van der Waals surface area contributed by atoms with Crippen molar-refractivity contribution >= 4 is 56.2 Å². The fraction of sp³-hybridized carbons (Fsp3) is 0.444. The number of nitrogens with one attached hydrogen (secondary N) is 1. The van der Waals surface area contributed by atoms with E-state index in [2.05, 4.69) is 48.2 Å². The zero-order valence-corrected chi connectivity index (χ0v) is 30.4. The number of hydrogen-bond acceptors (Lipinski definition) is 10. The van der Waals surface area contributed by atoms with Crippen molar-refractivity contribution in [3.8, 4) is 17.1 Å². The minimum atomic E-state index is -0.797. The van der Waals surface area contributed by atoms with Crippen LogP contribution >= 0.6 is 15.9 Å². The highest BCUT2D eigenvalue weighted by atomic mass is 79.9. The summed E-state index contributed by atoms with van der Waals surface area (Å²) >= 11 is 3.38. The number of piperidine rings is 1. The van der Waals surface area contributed by atoms with Gasteiger partial charge in [0.05, 0.1) is 5.52 Å². The van der Waals surface area contributed by atoms with Crippen LogP contribution in [-0.4, -0.2) is 70.8 Å². The quantitative estimate of drug-likeness (QED) is 0.111. The lowest BCUT2D eigenvalue weighted by Crippen LogP contribution is -2.51. The number of halogens is 1. The molecule has 14 heteroatoms. The van der Waals surface area contributed by atoms with Crippen LogP contribution in [0.15, 0.2) is 47.3 Å². The molecule has 1 aliphatic carbocycles. The van der Waals surface area contributed by atoms with Crippen LogP contribution in [-0.2, 0) is 20.9 Å². The summed E-state index contributed by atoms with van der Waals surface area (Å²) in [7, 11) is 0. The average molecular weight is 746 g/mol. The van der Waals surface area contributed by atoms with Gasteiger partial charge in [0.15, 0.2) is 5.78 Å². The van der Waals surface area contributed by atoms with Crippen LogP contribution in [0.3, 0.4) is 0 Å². The number of likely N-dealkylation sites (tertiary alicyclic amines) is 1. The van der Waals surface area contributed by atoms with Gasteiger partial charge in [0.2, 0.25) is 11.8 Å². The minimum absolute atomic E-state index is 0.103. The van der Waals surface area contributed by atoms with Crippen molar-refractivity contribution in [3.05, 3.63) is 58.6 Å². The number of fused-ring (bicyclic) bond motifs is 2. The molecule has 3 aromatic heterocycles. The number of aryl methyl sites for hydroxylation is 1. The van der Waals surface area contributed by atoms with Gasteiger partial charge >= 0.3 is 12.0 Å². The highest BCUT2D eigenvalue weighted by molar-refractivity contribution is 9.10. The van der Waals surface area contributed by atoms with E-state index in [1.54, 1.807) is 21.7 Å². The van der Waals surface area contributed by atoms with Gasteiger partial charge in [-0.2, -0.15) is 5.10 Å². The topological polar surface area (TPSA) is 175 Å². The van der Waals surface area contributed by atoms with Crippen LogP contribution in [0.4, 0.5) is 5.82 Å². The molecule has 1 aromatic carbocycles. The van der Waals surface area contributed by atoms with E-state index < -0.39 is 18.1 Å². The monoisotopic (exact) mass is 744 g/mol. The highest BCUT2D eigenvalue weighted by Crippen LogP contribution is 2.61. The lowest BCUT2D eigenvalue weighted by Gasteiger charge is -2.34. The Kier molecular flexibility index (Phi) is 9.86. The summed E-state index contributed by atoms with van der Waals surface area (Å²) in [4.78, 5) is 67.7. The first kappa shape index (κ1) is 35.3. The molecule has 6 rings (SSSR count). The molecule has 13 nitrogen and oxygen atoms in total. The molecule has 4 aromatic rings. The molecule has 4 atom stereocenters. The first-order valence-electron chi connectivity index (χ1n) is 16.9. The molecule has 1 saturated carbocycles. The molecule has 0 spiro atoms. The van der Waals surface area contributed by atoms with Gasteiger partial charge in [0.25, 0.3) is 0 Å². The van der Waals surface area contributed by atoms with Crippen molar-refractivity contribution in [2.45, 2.75) is 90.9 Å². The Morgan fingerprint density at radius 1 is 1.12 bits per heavy atom. The van der Waals surface area contributed by atoms with Crippen molar-refractivity contribution in [2.24, 2.45) is 17.6 Å². The van der Waals surface area contributed by atoms with Gasteiger partial charge in [0, 0.05) is 35.8 Å². The summed E-state index contributed by atoms with van der Waals surface area (Å²) < 4.78 is 7.38. The summed E-state index contributed by atoms with van der Waals surface area (Å²) in [6.45, 7) is 8.92. The van der Waals surface area contributed by atoms with E-state index in [9.17, 15) is 19.2 Å². The number of esters is 1.